The molecule has 5 rings (SSSR count). The molecule has 0 bridgehead atoms. The molecule has 1 fully saturated rings. The van der Waals surface area contributed by atoms with Crippen molar-refractivity contribution in [1.82, 2.24) is 0 Å². The minimum absolute atomic E-state index is 0.0131. The second kappa shape index (κ2) is 9.98. The molecule has 0 saturated carbocycles. The summed E-state index contributed by atoms with van der Waals surface area (Å²) in [6, 6.07) is 26.1. The zero-order valence-electron chi connectivity index (χ0n) is 21.3. The molecular weight excluding hydrogens is 478 g/mol. The topological polar surface area (TPSA) is 83.9 Å². The molecule has 0 aromatic heterocycles. The van der Waals surface area contributed by atoms with Gasteiger partial charge in [0.1, 0.15) is 5.76 Å². The van der Waals surface area contributed by atoms with Crippen LogP contribution in [0, 0.1) is 6.92 Å². The smallest absolute Gasteiger partial charge is 0.338 e. The van der Waals surface area contributed by atoms with E-state index in [1.165, 1.54) is 4.90 Å². The Kier molecular flexibility index (Phi) is 6.55. The number of anilines is 1. The number of Topliss-reactive ketones (excluding diaryl/α,β-unsaturated/α-hetero) is 1. The first-order chi connectivity index (χ1) is 18.2. The van der Waals surface area contributed by atoms with Gasteiger partial charge in [-0.15, -0.1) is 0 Å². The van der Waals surface area contributed by atoms with Gasteiger partial charge in [0.05, 0.1) is 23.3 Å². The molecule has 38 heavy (non-hydrogen) atoms. The first kappa shape index (κ1) is 25.0. The van der Waals surface area contributed by atoms with Crippen molar-refractivity contribution in [2.75, 3.05) is 4.90 Å². The molecule has 6 nitrogen and oxygen atoms in total. The normalized spacial score (nSPS) is 16.8. The quantitative estimate of drug-likeness (QED) is 0.148. The zero-order valence-corrected chi connectivity index (χ0v) is 21.3. The van der Waals surface area contributed by atoms with Crippen LogP contribution < -0.4 is 4.90 Å². The third kappa shape index (κ3) is 4.57. The molecule has 1 heterocycles. The Bertz CT molecular complexity index is 1600. The van der Waals surface area contributed by atoms with Crippen LogP contribution in [0.2, 0.25) is 0 Å². The molecule has 1 N–H and O–H groups in total. The van der Waals surface area contributed by atoms with E-state index in [9.17, 15) is 19.5 Å². The molecule has 1 saturated heterocycles. The highest BCUT2D eigenvalue weighted by molar-refractivity contribution is 6.51. The second-order valence-corrected chi connectivity index (χ2v) is 9.65. The minimum atomic E-state index is -0.852. The summed E-state index contributed by atoms with van der Waals surface area (Å²) >= 11 is 0. The van der Waals surface area contributed by atoms with Gasteiger partial charge in [0.15, 0.2) is 0 Å². The van der Waals surface area contributed by atoms with E-state index in [2.05, 4.69) is 0 Å². The van der Waals surface area contributed by atoms with E-state index in [-0.39, 0.29) is 17.4 Å². The van der Waals surface area contributed by atoms with Crippen molar-refractivity contribution < 1.29 is 24.2 Å². The molecule has 1 aliphatic heterocycles. The molecular formula is C32H27NO5. The summed E-state index contributed by atoms with van der Waals surface area (Å²) < 4.78 is 5.26. The predicted molar refractivity (Wildman–Crippen MR) is 147 cm³/mol. The number of hydrogen-bond donors (Lipinski definition) is 1. The van der Waals surface area contributed by atoms with Crippen molar-refractivity contribution in [1.29, 1.82) is 0 Å². The number of ether oxygens (including phenoxy) is 1. The van der Waals surface area contributed by atoms with Gasteiger partial charge in [-0.25, -0.2) is 4.79 Å². The van der Waals surface area contributed by atoms with Crippen LogP contribution >= 0.6 is 0 Å². The number of carbonyl (C=O) groups excluding carboxylic acids is 3. The van der Waals surface area contributed by atoms with Crippen molar-refractivity contribution in [3.8, 4) is 0 Å². The lowest BCUT2D eigenvalue weighted by molar-refractivity contribution is -0.132. The molecule has 4 aromatic rings. The standard InChI is InChI=1S/C32H27NO5/c1-19(2)38-32(37)22-13-15-26(16-14-22)33-28(24-10-6-7-20(3)17-24)27(30(35)31(33)36)29(34)25-12-11-21-8-4-5-9-23(21)18-25/h4-19,28,34H,1-3H3/b29-27-. The SMILES string of the molecule is Cc1cccc(C2/C(=C(/O)c3ccc4ccccc4c3)C(=O)C(=O)N2c2ccc(C(=O)OC(C)C)cc2)c1. The van der Waals surface area contributed by atoms with Crippen LogP contribution in [-0.2, 0) is 14.3 Å². The summed E-state index contributed by atoms with van der Waals surface area (Å²) in [4.78, 5) is 40.6. The molecule has 1 aliphatic rings. The number of rotatable bonds is 5. The third-order valence-electron chi connectivity index (χ3n) is 6.55. The van der Waals surface area contributed by atoms with Gasteiger partial charge in [0.2, 0.25) is 0 Å². The number of nitrogens with zero attached hydrogens (tertiary/aromatic N) is 1. The van der Waals surface area contributed by atoms with E-state index in [1.54, 1.807) is 50.2 Å². The Hall–Kier alpha value is -4.71. The highest BCUT2D eigenvalue weighted by Gasteiger charge is 2.47. The largest absolute Gasteiger partial charge is 0.507 e. The number of aryl methyl sites for hydroxylation is 1. The lowest BCUT2D eigenvalue weighted by atomic mass is 9.93. The zero-order chi connectivity index (χ0) is 27.0. The number of benzene rings is 4. The van der Waals surface area contributed by atoms with Crippen molar-refractivity contribution in [3.05, 3.63) is 119 Å². The number of amides is 1. The van der Waals surface area contributed by atoms with Gasteiger partial charge in [-0.2, -0.15) is 0 Å². The van der Waals surface area contributed by atoms with Crippen LogP contribution in [0.15, 0.2) is 96.6 Å². The lowest BCUT2D eigenvalue weighted by Crippen LogP contribution is -2.29. The van der Waals surface area contributed by atoms with Gasteiger partial charge in [-0.3, -0.25) is 14.5 Å². The summed E-state index contributed by atoms with van der Waals surface area (Å²) in [5, 5.41) is 13.4. The molecule has 1 unspecified atom stereocenters. The predicted octanol–water partition coefficient (Wildman–Crippen LogP) is 6.34. The Morgan fingerprint density at radius 3 is 2.21 bits per heavy atom. The number of esters is 1. The summed E-state index contributed by atoms with van der Waals surface area (Å²) in [6.45, 7) is 5.46. The van der Waals surface area contributed by atoms with Crippen molar-refractivity contribution >= 4 is 39.9 Å². The maximum atomic E-state index is 13.4. The van der Waals surface area contributed by atoms with Gasteiger partial charge in [0, 0.05) is 11.3 Å². The van der Waals surface area contributed by atoms with E-state index < -0.39 is 23.7 Å². The average Bonchev–Trinajstić information content (AvgIpc) is 3.17. The second-order valence-electron chi connectivity index (χ2n) is 9.65. The molecule has 190 valence electrons. The molecule has 1 atom stereocenters. The minimum Gasteiger partial charge on any atom is -0.507 e. The van der Waals surface area contributed by atoms with Crippen LogP contribution in [0.3, 0.4) is 0 Å². The van der Waals surface area contributed by atoms with Crippen LogP contribution in [0.4, 0.5) is 5.69 Å². The first-order valence-corrected chi connectivity index (χ1v) is 12.4. The summed E-state index contributed by atoms with van der Waals surface area (Å²) in [7, 11) is 0. The van der Waals surface area contributed by atoms with E-state index >= 15 is 0 Å². The highest BCUT2D eigenvalue weighted by atomic mass is 16.5. The monoisotopic (exact) mass is 505 g/mol. The fraction of sp³-hybridized carbons (Fsp3) is 0.156. The molecule has 0 spiro atoms. The fourth-order valence-corrected chi connectivity index (χ4v) is 4.79. The Labute approximate surface area is 220 Å². The van der Waals surface area contributed by atoms with Gasteiger partial charge < -0.3 is 9.84 Å². The van der Waals surface area contributed by atoms with Gasteiger partial charge >= 0.3 is 5.97 Å². The number of carbonyl (C=O) groups is 3. The van der Waals surface area contributed by atoms with Gasteiger partial charge in [-0.05, 0) is 67.4 Å². The van der Waals surface area contributed by atoms with Crippen molar-refractivity contribution in [3.63, 3.8) is 0 Å². The van der Waals surface area contributed by atoms with E-state index in [1.807, 2.05) is 61.5 Å². The van der Waals surface area contributed by atoms with Crippen LogP contribution in [0.1, 0.15) is 46.9 Å². The first-order valence-electron chi connectivity index (χ1n) is 12.4. The van der Waals surface area contributed by atoms with Crippen LogP contribution in [0.5, 0.6) is 0 Å². The molecule has 0 radical (unpaired) electrons. The molecule has 4 aromatic carbocycles. The average molecular weight is 506 g/mol. The van der Waals surface area contributed by atoms with E-state index in [0.717, 1.165) is 16.3 Å². The van der Waals surface area contributed by atoms with Gasteiger partial charge in [-0.1, -0.05) is 66.2 Å². The summed E-state index contributed by atoms with van der Waals surface area (Å²) in [5.41, 5.74) is 2.87. The maximum absolute atomic E-state index is 13.4. The van der Waals surface area contributed by atoms with E-state index in [0.29, 0.717) is 22.4 Å². The van der Waals surface area contributed by atoms with Crippen LogP contribution in [-0.4, -0.2) is 28.9 Å². The Morgan fingerprint density at radius 1 is 0.842 bits per heavy atom. The van der Waals surface area contributed by atoms with Gasteiger partial charge in [0.25, 0.3) is 11.7 Å². The third-order valence-corrected chi connectivity index (χ3v) is 6.55. The number of aliphatic hydroxyl groups excluding tert-OH is 1. The number of ketones is 1. The Morgan fingerprint density at radius 2 is 1.53 bits per heavy atom. The summed E-state index contributed by atoms with van der Waals surface area (Å²) in [5.74, 6) is -2.23. The van der Waals surface area contributed by atoms with Crippen molar-refractivity contribution in [2.45, 2.75) is 32.9 Å². The fourth-order valence-electron chi connectivity index (χ4n) is 4.79. The molecule has 6 heteroatoms. The van der Waals surface area contributed by atoms with Crippen LogP contribution in [0.25, 0.3) is 16.5 Å². The molecule has 1 amide bonds. The Balaban J connectivity index is 1.64. The van der Waals surface area contributed by atoms with Crippen molar-refractivity contribution in [2.24, 2.45) is 0 Å². The summed E-state index contributed by atoms with van der Waals surface area (Å²) in [6.07, 6.45) is -0.267. The molecule has 0 aliphatic carbocycles. The van der Waals surface area contributed by atoms with E-state index in [4.69, 9.17) is 4.74 Å². The number of aliphatic hydroxyl groups is 1. The number of hydrogen-bond acceptors (Lipinski definition) is 5. The highest BCUT2D eigenvalue weighted by Crippen LogP contribution is 2.42. The lowest BCUT2D eigenvalue weighted by Gasteiger charge is -2.26. The maximum Gasteiger partial charge on any atom is 0.338 e. The number of fused-ring (bicyclic) bond motifs is 1.